The minimum absolute atomic E-state index is 0.0769. The van der Waals surface area contributed by atoms with Gasteiger partial charge in [-0.25, -0.2) is 18.7 Å². The highest BCUT2D eigenvalue weighted by atomic mass is 19.1. The van der Waals surface area contributed by atoms with Crippen molar-refractivity contribution in [2.45, 2.75) is 26.3 Å². The second kappa shape index (κ2) is 8.14. The van der Waals surface area contributed by atoms with Crippen molar-refractivity contribution in [2.75, 3.05) is 10.6 Å². The molecule has 0 saturated carbocycles. The Balaban J connectivity index is 1.84. The quantitative estimate of drug-likeness (QED) is 0.470. The topological polar surface area (TPSA) is 77.0 Å². The van der Waals surface area contributed by atoms with Crippen molar-refractivity contribution in [1.82, 2.24) is 14.5 Å². The summed E-state index contributed by atoms with van der Waals surface area (Å²) in [4.78, 5) is 23.2. The number of nitrogens with two attached hydrogens (primary N) is 1. The molecule has 2 aromatic carbocycles. The van der Waals surface area contributed by atoms with Crippen molar-refractivity contribution in [3.8, 4) is 5.69 Å². The summed E-state index contributed by atoms with van der Waals surface area (Å²) in [5.41, 5.74) is 8.48. The van der Waals surface area contributed by atoms with Gasteiger partial charge in [0.2, 0.25) is 5.91 Å². The Hall–Kier alpha value is -3.81. The number of rotatable bonds is 5. The van der Waals surface area contributed by atoms with Gasteiger partial charge in [-0.15, -0.1) is 0 Å². The Labute approximate surface area is 178 Å². The maximum absolute atomic E-state index is 14.4. The van der Waals surface area contributed by atoms with E-state index in [0.717, 1.165) is 23.9 Å². The molecule has 2 N–H and O–H groups in total. The number of amides is 1. The first kappa shape index (κ1) is 20.5. The third-order valence-corrected chi connectivity index (χ3v) is 5.14. The molecule has 0 bridgehead atoms. The van der Waals surface area contributed by atoms with Gasteiger partial charge < -0.3 is 5.73 Å². The molecule has 8 heteroatoms. The van der Waals surface area contributed by atoms with Crippen molar-refractivity contribution < 1.29 is 13.6 Å². The van der Waals surface area contributed by atoms with E-state index in [-0.39, 0.29) is 17.9 Å². The van der Waals surface area contributed by atoms with Crippen LogP contribution in [0.3, 0.4) is 0 Å². The Bertz CT molecular complexity index is 1270. The van der Waals surface area contributed by atoms with Crippen molar-refractivity contribution in [3.63, 3.8) is 0 Å². The molecule has 31 heavy (non-hydrogen) atoms. The second-order valence-corrected chi connectivity index (χ2v) is 7.18. The van der Waals surface area contributed by atoms with Crippen LogP contribution in [0.2, 0.25) is 0 Å². The van der Waals surface area contributed by atoms with Crippen LogP contribution in [-0.4, -0.2) is 20.4 Å². The summed E-state index contributed by atoms with van der Waals surface area (Å²) in [6.45, 7) is 3.35. The summed E-state index contributed by atoms with van der Waals surface area (Å²) in [5, 5.41) is 0. The van der Waals surface area contributed by atoms with Gasteiger partial charge in [0.15, 0.2) is 5.65 Å². The van der Waals surface area contributed by atoms with Gasteiger partial charge in [-0.2, -0.15) is 0 Å². The van der Waals surface area contributed by atoms with E-state index in [1.54, 1.807) is 49.0 Å². The highest BCUT2D eigenvalue weighted by molar-refractivity contribution is 5.94. The fourth-order valence-corrected chi connectivity index (χ4v) is 3.57. The first-order valence-corrected chi connectivity index (χ1v) is 9.86. The van der Waals surface area contributed by atoms with E-state index in [4.69, 9.17) is 5.73 Å². The van der Waals surface area contributed by atoms with Gasteiger partial charge in [0.05, 0.1) is 11.7 Å². The Morgan fingerprint density at radius 2 is 1.97 bits per heavy atom. The number of imidazole rings is 1. The summed E-state index contributed by atoms with van der Waals surface area (Å²) in [5.74, 6) is -1.11. The molecule has 1 atom stereocenters. The third-order valence-electron chi connectivity index (χ3n) is 5.14. The number of hydrogen-bond acceptors (Lipinski definition) is 4. The van der Waals surface area contributed by atoms with E-state index < -0.39 is 17.7 Å². The van der Waals surface area contributed by atoms with Crippen LogP contribution in [0.4, 0.5) is 20.3 Å². The number of halogens is 2. The van der Waals surface area contributed by atoms with Gasteiger partial charge in [0, 0.05) is 17.7 Å². The second-order valence-electron chi connectivity index (χ2n) is 7.18. The summed E-state index contributed by atoms with van der Waals surface area (Å²) in [6, 6.07) is 13.1. The third kappa shape index (κ3) is 3.84. The minimum atomic E-state index is -0.767. The Morgan fingerprint density at radius 1 is 1.16 bits per heavy atom. The predicted molar refractivity (Wildman–Crippen MR) is 116 cm³/mol. The lowest BCUT2D eigenvalue weighted by molar-refractivity contribution is -0.118. The number of benzene rings is 2. The maximum Gasteiger partial charge on any atom is 0.228 e. The number of carbonyl (C=O) groups excluding carboxylic acids is 1. The van der Waals surface area contributed by atoms with Crippen molar-refractivity contribution in [2.24, 2.45) is 0 Å². The van der Waals surface area contributed by atoms with E-state index in [2.05, 4.69) is 9.97 Å². The summed E-state index contributed by atoms with van der Waals surface area (Å²) in [6.07, 6.45) is 1.80. The average molecular weight is 421 g/mol. The first-order valence-electron chi connectivity index (χ1n) is 9.86. The zero-order valence-corrected chi connectivity index (χ0v) is 17.1. The molecule has 0 fully saturated rings. The first-order chi connectivity index (χ1) is 14.9. The Morgan fingerprint density at radius 3 is 2.71 bits per heavy atom. The molecular formula is C23H21F2N5O. The van der Waals surface area contributed by atoms with Crippen LogP contribution in [0, 0.1) is 11.6 Å². The zero-order valence-electron chi connectivity index (χ0n) is 17.1. The van der Waals surface area contributed by atoms with E-state index in [1.807, 2.05) is 12.1 Å². The number of hydrogen-bond donors (Lipinski definition) is 1. The molecule has 1 amide bonds. The fraction of sp³-hybridized carbons (Fsp3) is 0.174. The number of pyridine rings is 1. The summed E-state index contributed by atoms with van der Waals surface area (Å²) >= 11 is 0. The molecule has 0 saturated heterocycles. The number of nitrogens with zero attached hydrogens (tertiary/aromatic N) is 4. The lowest BCUT2D eigenvalue weighted by Crippen LogP contribution is -2.34. The number of fused-ring (bicyclic) bond motifs is 1. The molecule has 0 aliphatic heterocycles. The monoisotopic (exact) mass is 421 g/mol. The molecule has 0 aliphatic carbocycles. The number of nitrogen functional groups attached to an aromatic ring is 1. The van der Waals surface area contributed by atoms with Gasteiger partial charge in [0.25, 0.3) is 0 Å². The molecule has 2 heterocycles. The van der Waals surface area contributed by atoms with Crippen LogP contribution in [0.1, 0.15) is 31.9 Å². The molecule has 158 valence electrons. The van der Waals surface area contributed by atoms with Crippen molar-refractivity contribution >= 4 is 28.6 Å². The number of anilines is 2. The van der Waals surface area contributed by atoms with Crippen LogP contribution >= 0.6 is 0 Å². The van der Waals surface area contributed by atoms with E-state index in [0.29, 0.717) is 22.7 Å². The summed E-state index contributed by atoms with van der Waals surface area (Å²) < 4.78 is 30.0. The van der Waals surface area contributed by atoms with Crippen LogP contribution in [0.15, 0.2) is 60.9 Å². The van der Waals surface area contributed by atoms with Gasteiger partial charge in [-0.3, -0.25) is 14.3 Å². The molecule has 0 radical (unpaired) electrons. The summed E-state index contributed by atoms with van der Waals surface area (Å²) in [7, 11) is 0. The van der Waals surface area contributed by atoms with Gasteiger partial charge in [-0.05, 0) is 55.5 Å². The largest absolute Gasteiger partial charge is 0.399 e. The lowest BCUT2D eigenvalue weighted by Gasteiger charge is -2.29. The molecule has 6 nitrogen and oxygen atoms in total. The van der Waals surface area contributed by atoms with Crippen molar-refractivity contribution in [1.29, 1.82) is 0 Å². The van der Waals surface area contributed by atoms with Crippen LogP contribution in [0.5, 0.6) is 0 Å². The molecule has 2 aromatic heterocycles. The normalized spacial score (nSPS) is 12.1. The van der Waals surface area contributed by atoms with E-state index >= 15 is 0 Å². The minimum Gasteiger partial charge on any atom is -0.399 e. The number of carbonyl (C=O) groups is 1. The molecule has 1 unspecified atom stereocenters. The maximum atomic E-state index is 14.4. The SMILES string of the molecule is CCC(=O)N(c1ccc2ncn(-c3cccc(N)c3)c2n1)C(C)c1cc(F)ccc1F. The highest BCUT2D eigenvalue weighted by Gasteiger charge is 2.26. The van der Waals surface area contributed by atoms with Crippen molar-refractivity contribution in [3.05, 3.63) is 78.1 Å². The smallest absolute Gasteiger partial charge is 0.228 e. The molecular weight excluding hydrogens is 400 g/mol. The highest BCUT2D eigenvalue weighted by Crippen LogP contribution is 2.30. The molecule has 4 aromatic rings. The van der Waals surface area contributed by atoms with Gasteiger partial charge in [0.1, 0.15) is 29.3 Å². The average Bonchev–Trinajstić information content (AvgIpc) is 3.18. The van der Waals surface area contributed by atoms with Crippen LogP contribution in [-0.2, 0) is 4.79 Å². The number of aromatic nitrogens is 3. The lowest BCUT2D eigenvalue weighted by atomic mass is 10.1. The van der Waals surface area contributed by atoms with Crippen LogP contribution < -0.4 is 10.6 Å². The molecule has 0 aliphatic rings. The predicted octanol–water partition coefficient (Wildman–Crippen LogP) is 4.79. The molecule has 0 spiro atoms. The van der Waals surface area contributed by atoms with Crippen LogP contribution in [0.25, 0.3) is 16.9 Å². The fourth-order valence-electron chi connectivity index (χ4n) is 3.57. The van der Waals surface area contributed by atoms with Gasteiger partial charge in [-0.1, -0.05) is 13.0 Å². The Kier molecular flexibility index (Phi) is 5.37. The van der Waals surface area contributed by atoms with E-state index in [9.17, 15) is 13.6 Å². The molecule has 4 rings (SSSR count). The zero-order chi connectivity index (χ0) is 22.1. The van der Waals surface area contributed by atoms with Gasteiger partial charge >= 0.3 is 0 Å². The van der Waals surface area contributed by atoms with E-state index in [1.165, 1.54) is 4.90 Å². The standard InChI is InChI=1S/C23H21F2N5O/c1-3-22(31)30(14(2)18-11-15(24)7-8-19(18)25)21-10-9-20-23(28-21)29(13-27-20)17-6-4-5-16(26)12-17/h4-14H,3,26H2,1-2H3.